The summed E-state index contributed by atoms with van der Waals surface area (Å²) in [6.07, 6.45) is 6.44. The van der Waals surface area contributed by atoms with Crippen molar-refractivity contribution < 1.29 is 19.4 Å². The number of aliphatic hydroxyl groups is 1. The number of hydrogen-bond acceptors (Lipinski definition) is 7. The maximum Gasteiger partial charge on any atom is 0.251 e. The first-order chi connectivity index (χ1) is 21.0. The number of carbonyl (C=O) groups excluding carboxylic acids is 1. The molecule has 2 aromatic carbocycles. The van der Waals surface area contributed by atoms with E-state index >= 15 is 0 Å². The third-order valence-electron chi connectivity index (χ3n) is 11.2. The van der Waals surface area contributed by atoms with Crippen molar-refractivity contribution in [1.82, 2.24) is 10.2 Å². The minimum atomic E-state index is -0.307. The van der Waals surface area contributed by atoms with Gasteiger partial charge in [0.05, 0.1) is 18.8 Å². The number of carbonyl (C=O) groups is 1. The van der Waals surface area contributed by atoms with Crippen LogP contribution in [0.2, 0.25) is 0 Å². The van der Waals surface area contributed by atoms with Gasteiger partial charge in [-0.05, 0) is 80.3 Å². The molecule has 1 amide bonds. The topological polar surface area (TPSA) is 98.1 Å². The van der Waals surface area contributed by atoms with Crippen molar-refractivity contribution in [2.24, 2.45) is 16.2 Å². The van der Waals surface area contributed by atoms with Crippen LogP contribution in [0.5, 0.6) is 11.5 Å². The van der Waals surface area contributed by atoms with Crippen LogP contribution in [0.1, 0.15) is 82.1 Å². The van der Waals surface area contributed by atoms with Crippen LogP contribution in [-0.4, -0.2) is 73.5 Å². The Kier molecular flexibility index (Phi) is 8.09. The van der Waals surface area contributed by atoms with Gasteiger partial charge >= 0.3 is 0 Å². The number of methoxy groups -OCH3 is 1. The Morgan fingerprint density at radius 2 is 1.61 bits per heavy atom. The Bertz CT molecular complexity index is 1370. The van der Waals surface area contributed by atoms with E-state index in [-0.39, 0.29) is 35.0 Å². The number of anilines is 1. The molecular weight excluding hydrogens is 552 g/mol. The summed E-state index contributed by atoms with van der Waals surface area (Å²) in [5, 5.41) is 22.5. The maximum absolute atomic E-state index is 13.4. The van der Waals surface area contributed by atoms with Crippen molar-refractivity contribution in [2.75, 3.05) is 38.2 Å². The summed E-state index contributed by atoms with van der Waals surface area (Å²) >= 11 is 0. The second-order valence-electron chi connectivity index (χ2n) is 14.9. The molecule has 2 heterocycles. The zero-order valence-corrected chi connectivity index (χ0v) is 26.9. The Balaban J connectivity index is 1.01. The number of likely N-dealkylation sites (tertiary alicyclic amines) is 1. The van der Waals surface area contributed by atoms with Gasteiger partial charge in [-0.15, -0.1) is 0 Å². The number of nitriles is 1. The number of rotatable bonds is 7. The first kappa shape index (κ1) is 30.7. The summed E-state index contributed by atoms with van der Waals surface area (Å²) in [5.74, 6) is 1.07. The Labute approximate surface area is 262 Å². The van der Waals surface area contributed by atoms with Gasteiger partial charge in [-0.25, -0.2) is 0 Å². The Morgan fingerprint density at radius 3 is 2.20 bits per heavy atom. The predicted molar refractivity (Wildman–Crippen MR) is 171 cm³/mol. The highest BCUT2D eigenvalue weighted by molar-refractivity contribution is 5.95. The SMILES string of the molecule is COc1cc(OC2C(C)(C)C(NC(=O)c3ccc(N4CCC(N5CC6(CCC(O)CC6)C5)CC4)cc3)C2(C)C)ccc1C#N. The molecule has 2 aliphatic heterocycles. The fraction of sp³-hybridized carbons (Fsp3) is 0.611. The first-order valence-corrected chi connectivity index (χ1v) is 16.3. The van der Waals surface area contributed by atoms with Crippen LogP contribution in [0.4, 0.5) is 5.69 Å². The number of benzene rings is 2. The van der Waals surface area contributed by atoms with Crippen molar-refractivity contribution in [3.63, 3.8) is 0 Å². The van der Waals surface area contributed by atoms with Crippen LogP contribution in [-0.2, 0) is 0 Å². The Morgan fingerprint density at radius 1 is 0.977 bits per heavy atom. The van der Waals surface area contributed by atoms with E-state index in [2.05, 4.69) is 61.0 Å². The monoisotopic (exact) mass is 600 g/mol. The molecule has 0 bridgehead atoms. The molecule has 6 rings (SSSR count). The highest BCUT2D eigenvalue weighted by Crippen LogP contribution is 2.55. The lowest BCUT2D eigenvalue weighted by Gasteiger charge is -2.63. The van der Waals surface area contributed by atoms with Crippen molar-refractivity contribution in [3.05, 3.63) is 53.6 Å². The molecule has 2 saturated carbocycles. The largest absolute Gasteiger partial charge is 0.495 e. The average Bonchev–Trinajstić information content (AvgIpc) is 3.01. The molecule has 4 fully saturated rings. The van der Waals surface area contributed by atoms with Gasteiger partial charge in [0.15, 0.2) is 0 Å². The highest BCUT2D eigenvalue weighted by atomic mass is 16.5. The first-order valence-electron chi connectivity index (χ1n) is 16.3. The number of amides is 1. The molecular formula is C36H48N4O4. The van der Waals surface area contributed by atoms with E-state index in [0.717, 1.165) is 25.9 Å². The maximum atomic E-state index is 13.4. The summed E-state index contributed by atoms with van der Waals surface area (Å²) in [4.78, 5) is 18.5. The molecule has 0 atom stereocenters. The zero-order chi connectivity index (χ0) is 31.3. The summed E-state index contributed by atoms with van der Waals surface area (Å²) in [5.41, 5.74) is 2.17. The molecule has 2 aromatic rings. The number of nitrogens with one attached hydrogen (secondary N) is 1. The second-order valence-corrected chi connectivity index (χ2v) is 14.9. The third kappa shape index (κ3) is 5.54. The van der Waals surface area contributed by atoms with Crippen LogP contribution >= 0.6 is 0 Å². The van der Waals surface area contributed by atoms with Gasteiger partial charge in [-0.2, -0.15) is 5.26 Å². The zero-order valence-electron chi connectivity index (χ0n) is 26.9. The van der Waals surface area contributed by atoms with Gasteiger partial charge in [0.25, 0.3) is 5.91 Å². The lowest BCUT2D eigenvalue weighted by molar-refractivity contribution is -0.164. The van der Waals surface area contributed by atoms with Crippen LogP contribution < -0.4 is 19.7 Å². The third-order valence-corrected chi connectivity index (χ3v) is 11.2. The molecule has 2 N–H and O–H groups in total. The summed E-state index contributed by atoms with van der Waals surface area (Å²) < 4.78 is 11.8. The van der Waals surface area contributed by atoms with Crippen molar-refractivity contribution in [3.8, 4) is 17.6 Å². The molecule has 2 aliphatic carbocycles. The summed E-state index contributed by atoms with van der Waals surface area (Å²) in [6.45, 7) is 13.0. The van der Waals surface area contributed by atoms with Gasteiger partial charge in [0, 0.05) is 66.4 Å². The van der Waals surface area contributed by atoms with Gasteiger partial charge < -0.3 is 24.8 Å². The van der Waals surface area contributed by atoms with E-state index in [1.807, 2.05) is 12.1 Å². The minimum absolute atomic E-state index is 0.0677. The standard InChI is InChI=1S/C36H48N4O4/c1-34(2)32(35(3,4)33(34)44-29-11-8-25(21-37)30(20-29)43-5)38-31(42)24-6-9-26(10-7-24)39-18-14-27(15-19-39)40-22-36(23-40)16-12-28(41)13-17-36/h6-11,20,27-28,32-33,41H,12-19,22-23H2,1-5H3,(H,38,42). The molecule has 0 unspecified atom stereocenters. The lowest BCUT2D eigenvalue weighted by atomic mass is 9.49. The predicted octanol–water partition coefficient (Wildman–Crippen LogP) is 5.38. The smallest absolute Gasteiger partial charge is 0.251 e. The van der Waals surface area contributed by atoms with Gasteiger partial charge in [-0.1, -0.05) is 27.7 Å². The van der Waals surface area contributed by atoms with Gasteiger partial charge in [0.1, 0.15) is 23.7 Å². The molecule has 44 heavy (non-hydrogen) atoms. The Hall–Kier alpha value is -3.28. The van der Waals surface area contributed by atoms with Crippen LogP contribution in [0.3, 0.4) is 0 Å². The van der Waals surface area contributed by atoms with Crippen molar-refractivity contribution >= 4 is 11.6 Å². The van der Waals surface area contributed by atoms with E-state index in [0.29, 0.717) is 34.1 Å². The average molecular weight is 601 g/mol. The van der Waals surface area contributed by atoms with E-state index in [9.17, 15) is 15.2 Å². The fourth-order valence-electron chi connectivity index (χ4n) is 8.91. The van der Waals surface area contributed by atoms with Crippen LogP contribution in [0, 0.1) is 27.6 Å². The molecule has 0 aromatic heterocycles. The number of nitrogens with zero attached hydrogens (tertiary/aromatic N) is 3. The lowest BCUT2D eigenvalue weighted by Crippen LogP contribution is -2.74. The number of hydrogen-bond donors (Lipinski definition) is 2. The normalized spacial score (nSPS) is 26.2. The number of piperidine rings is 1. The van der Waals surface area contributed by atoms with E-state index in [1.165, 1.54) is 44.5 Å². The van der Waals surface area contributed by atoms with E-state index < -0.39 is 0 Å². The molecule has 0 radical (unpaired) electrons. The molecule has 4 aliphatic rings. The fourth-order valence-corrected chi connectivity index (χ4v) is 8.91. The molecule has 8 nitrogen and oxygen atoms in total. The van der Waals surface area contributed by atoms with E-state index in [4.69, 9.17) is 9.47 Å². The highest BCUT2D eigenvalue weighted by Gasteiger charge is 2.64. The molecule has 1 spiro atoms. The number of aliphatic hydroxyl groups excluding tert-OH is 1. The van der Waals surface area contributed by atoms with Crippen molar-refractivity contribution in [1.29, 1.82) is 5.26 Å². The van der Waals surface area contributed by atoms with Crippen LogP contribution in [0.25, 0.3) is 0 Å². The van der Waals surface area contributed by atoms with Gasteiger partial charge in [0.2, 0.25) is 0 Å². The molecule has 2 saturated heterocycles. The quantitative estimate of drug-likeness (QED) is 0.440. The number of ether oxygens (including phenoxy) is 2. The second kappa shape index (κ2) is 11.6. The van der Waals surface area contributed by atoms with Gasteiger partial charge in [-0.3, -0.25) is 9.69 Å². The molecule has 8 heteroatoms. The summed E-state index contributed by atoms with van der Waals surface area (Å²) in [6, 6.07) is 16.1. The minimum Gasteiger partial charge on any atom is -0.495 e. The van der Waals surface area contributed by atoms with Crippen LogP contribution in [0.15, 0.2) is 42.5 Å². The molecule has 236 valence electrons. The van der Waals surface area contributed by atoms with Crippen molar-refractivity contribution in [2.45, 2.75) is 90.5 Å². The summed E-state index contributed by atoms with van der Waals surface area (Å²) in [7, 11) is 1.55. The van der Waals surface area contributed by atoms with E-state index in [1.54, 1.807) is 25.3 Å².